The summed E-state index contributed by atoms with van der Waals surface area (Å²) in [6, 6.07) is 4.66. The molecule has 1 fully saturated rings. The van der Waals surface area contributed by atoms with Crippen molar-refractivity contribution in [2.45, 2.75) is 29.6 Å². The van der Waals surface area contributed by atoms with Crippen molar-refractivity contribution < 1.29 is 32.6 Å². The lowest BCUT2D eigenvalue weighted by Crippen LogP contribution is -2.58. The van der Waals surface area contributed by atoms with E-state index in [-0.39, 0.29) is 24.3 Å². The SMILES string of the molecule is COc1ccc(S(=O)(=O)N2CCC(OC)(OC)C[C@@H]2C(=O)NO)cc1. The normalized spacial score (nSPS) is 20.9. The lowest BCUT2D eigenvalue weighted by atomic mass is 9.97. The highest BCUT2D eigenvalue weighted by Crippen LogP contribution is 2.34. The Morgan fingerprint density at radius 2 is 1.84 bits per heavy atom. The van der Waals surface area contributed by atoms with Crippen molar-refractivity contribution in [3.8, 4) is 5.75 Å². The van der Waals surface area contributed by atoms with Crippen LogP contribution in [0.5, 0.6) is 5.75 Å². The first-order chi connectivity index (χ1) is 11.8. The highest BCUT2D eigenvalue weighted by molar-refractivity contribution is 7.89. The highest BCUT2D eigenvalue weighted by atomic mass is 32.2. The molecule has 0 radical (unpaired) electrons. The number of piperidine rings is 1. The van der Waals surface area contributed by atoms with Gasteiger partial charge in [0.25, 0.3) is 5.91 Å². The second kappa shape index (κ2) is 7.67. The van der Waals surface area contributed by atoms with Gasteiger partial charge in [-0.25, -0.2) is 13.9 Å². The zero-order valence-electron chi connectivity index (χ0n) is 14.3. The zero-order chi connectivity index (χ0) is 18.7. The van der Waals surface area contributed by atoms with E-state index in [2.05, 4.69) is 0 Å². The number of carbonyl (C=O) groups is 1. The Hall–Kier alpha value is -1.72. The third-order valence-corrected chi connectivity index (χ3v) is 6.31. The van der Waals surface area contributed by atoms with E-state index in [0.717, 1.165) is 4.31 Å². The molecule has 1 aliphatic rings. The van der Waals surface area contributed by atoms with Crippen LogP contribution < -0.4 is 10.2 Å². The Bertz CT molecular complexity index is 701. The van der Waals surface area contributed by atoms with E-state index in [1.54, 1.807) is 0 Å². The molecular weight excluding hydrogens is 352 g/mol. The number of sulfonamides is 1. The summed E-state index contributed by atoms with van der Waals surface area (Å²) in [5.41, 5.74) is 1.52. The van der Waals surface area contributed by atoms with Crippen LogP contribution in [0, 0.1) is 0 Å². The van der Waals surface area contributed by atoms with Gasteiger partial charge < -0.3 is 14.2 Å². The third kappa shape index (κ3) is 3.77. The molecule has 140 valence electrons. The molecule has 1 aliphatic heterocycles. The largest absolute Gasteiger partial charge is 0.497 e. The highest BCUT2D eigenvalue weighted by Gasteiger charge is 2.47. The Morgan fingerprint density at radius 3 is 2.32 bits per heavy atom. The fraction of sp³-hybridized carbons (Fsp3) is 0.533. The summed E-state index contributed by atoms with van der Waals surface area (Å²) >= 11 is 0. The zero-order valence-corrected chi connectivity index (χ0v) is 15.1. The number of methoxy groups -OCH3 is 3. The maximum absolute atomic E-state index is 12.9. The molecule has 0 spiro atoms. The van der Waals surface area contributed by atoms with Crippen molar-refractivity contribution >= 4 is 15.9 Å². The Balaban J connectivity index is 2.38. The molecule has 0 aliphatic carbocycles. The van der Waals surface area contributed by atoms with E-state index in [4.69, 9.17) is 19.4 Å². The van der Waals surface area contributed by atoms with Crippen LogP contribution in [0.2, 0.25) is 0 Å². The number of rotatable bonds is 6. The average Bonchev–Trinajstić information content (AvgIpc) is 2.66. The first kappa shape index (κ1) is 19.6. The lowest BCUT2D eigenvalue weighted by molar-refractivity contribution is -0.232. The average molecular weight is 374 g/mol. The summed E-state index contributed by atoms with van der Waals surface area (Å²) in [6.45, 7) is -0.00582. The number of nitrogens with zero attached hydrogens (tertiary/aromatic N) is 1. The minimum atomic E-state index is -3.96. The van der Waals surface area contributed by atoms with E-state index >= 15 is 0 Å². The minimum absolute atomic E-state index is 0.00582. The second-order valence-electron chi connectivity index (χ2n) is 5.56. The molecule has 1 amide bonds. The number of hydrogen-bond acceptors (Lipinski definition) is 7. The van der Waals surface area contributed by atoms with E-state index in [9.17, 15) is 13.2 Å². The van der Waals surface area contributed by atoms with E-state index in [1.807, 2.05) is 0 Å². The van der Waals surface area contributed by atoms with Crippen molar-refractivity contribution in [2.75, 3.05) is 27.9 Å². The van der Waals surface area contributed by atoms with E-state index < -0.39 is 27.8 Å². The summed E-state index contributed by atoms with van der Waals surface area (Å²) in [6.07, 6.45) is 0.187. The molecule has 1 atom stereocenters. The number of carbonyl (C=O) groups excluding carboxylic acids is 1. The Morgan fingerprint density at radius 1 is 1.24 bits per heavy atom. The van der Waals surface area contributed by atoms with E-state index in [0.29, 0.717) is 5.75 Å². The first-order valence-corrected chi connectivity index (χ1v) is 8.97. The lowest BCUT2D eigenvalue weighted by Gasteiger charge is -2.43. The van der Waals surface area contributed by atoms with Crippen LogP contribution in [-0.4, -0.2) is 63.5 Å². The van der Waals surface area contributed by atoms with Gasteiger partial charge in [-0.2, -0.15) is 4.31 Å². The molecule has 10 heteroatoms. The molecular formula is C15H22N2O7S. The van der Waals surface area contributed by atoms with Crippen LogP contribution in [-0.2, 0) is 24.3 Å². The fourth-order valence-corrected chi connectivity index (χ4v) is 4.45. The number of hydrogen-bond donors (Lipinski definition) is 2. The second-order valence-corrected chi connectivity index (χ2v) is 7.45. The van der Waals surface area contributed by atoms with Gasteiger partial charge in [-0.1, -0.05) is 0 Å². The molecule has 0 saturated carbocycles. The van der Waals surface area contributed by atoms with Gasteiger partial charge in [0.2, 0.25) is 10.0 Å². The number of nitrogens with one attached hydrogen (secondary N) is 1. The summed E-state index contributed by atoms with van der Waals surface area (Å²) < 4.78 is 42.6. The summed E-state index contributed by atoms with van der Waals surface area (Å²) in [5, 5.41) is 9.01. The van der Waals surface area contributed by atoms with Crippen LogP contribution in [0.4, 0.5) is 0 Å². The molecule has 9 nitrogen and oxygen atoms in total. The van der Waals surface area contributed by atoms with Crippen LogP contribution in [0.3, 0.4) is 0 Å². The molecule has 1 aromatic carbocycles. The van der Waals surface area contributed by atoms with Gasteiger partial charge in [0.1, 0.15) is 11.8 Å². The van der Waals surface area contributed by atoms with Crippen LogP contribution in [0.25, 0.3) is 0 Å². The predicted octanol–water partition coefficient (Wildman–Crippen LogP) is 0.343. The number of ether oxygens (including phenoxy) is 3. The number of hydroxylamine groups is 1. The van der Waals surface area contributed by atoms with Crippen molar-refractivity contribution in [1.29, 1.82) is 0 Å². The molecule has 1 aromatic rings. The summed E-state index contributed by atoms with van der Waals surface area (Å²) in [5.74, 6) is -1.43. The maximum Gasteiger partial charge on any atom is 0.261 e. The predicted molar refractivity (Wildman–Crippen MR) is 86.6 cm³/mol. The molecule has 0 unspecified atom stereocenters. The van der Waals surface area contributed by atoms with Crippen molar-refractivity contribution in [3.63, 3.8) is 0 Å². The van der Waals surface area contributed by atoms with Gasteiger partial charge in [0.15, 0.2) is 5.79 Å². The van der Waals surface area contributed by atoms with E-state index in [1.165, 1.54) is 51.1 Å². The minimum Gasteiger partial charge on any atom is -0.497 e. The first-order valence-electron chi connectivity index (χ1n) is 7.53. The summed E-state index contributed by atoms with van der Waals surface area (Å²) in [4.78, 5) is 12.1. The monoisotopic (exact) mass is 374 g/mol. The van der Waals surface area contributed by atoms with Gasteiger partial charge >= 0.3 is 0 Å². The van der Waals surface area contributed by atoms with Gasteiger partial charge in [0.05, 0.1) is 12.0 Å². The molecule has 1 saturated heterocycles. The van der Waals surface area contributed by atoms with Crippen LogP contribution >= 0.6 is 0 Å². The Kier molecular flexibility index (Phi) is 6.01. The maximum atomic E-state index is 12.9. The van der Waals surface area contributed by atoms with Crippen LogP contribution in [0.15, 0.2) is 29.2 Å². The smallest absolute Gasteiger partial charge is 0.261 e. The molecule has 0 aromatic heterocycles. The number of amides is 1. The molecule has 2 rings (SSSR count). The van der Waals surface area contributed by atoms with Gasteiger partial charge in [0, 0.05) is 33.6 Å². The van der Waals surface area contributed by atoms with Gasteiger partial charge in [-0.05, 0) is 24.3 Å². The standard InChI is InChI=1S/C15H22N2O7S/c1-22-11-4-6-12(7-5-11)25(20,21)17-9-8-15(23-2,24-3)10-13(17)14(18)16-19/h4-7,13,19H,8-10H2,1-3H3,(H,16,18)/t13-/m1/s1. The molecule has 0 bridgehead atoms. The van der Waals surface area contributed by atoms with Crippen molar-refractivity contribution in [3.05, 3.63) is 24.3 Å². The molecule has 2 N–H and O–H groups in total. The quantitative estimate of drug-likeness (QED) is 0.419. The third-order valence-electron chi connectivity index (χ3n) is 4.39. The molecule has 1 heterocycles. The number of benzene rings is 1. The van der Waals surface area contributed by atoms with Crippen LogP contribution in [0.1, 0.15) is 12.8 Å². The summed E-state index contributed by atoms with van der Waals surface area (Å²) in [7, 11) is 0.357. The fourth-order valence-electron chi connectivity index (χ4n) is 2.86. The van der Waals surface area contributed by atoms with Gasteiger partial charge in [-0.3, -0.25) is 10.0 Å². The Labute approximate surface area is 146 Å². The molecule has 25 heavy (non-hydrogen) atoms. The van der Waals surface area contributed by atoms with Gasteiger partial charge in [-0.15, -0.1) is 0 Å². The topological polar surface area (TPSA) is 114 Å². The van der Waals surface area contributed by atoms with Crippen molar-refractivity contribution in [2.24, 2.45) is 0 Å². The van der Waals surface area contributed by atoms with Crippen molar-refractivity contribution in [1.82, 2.24) is 9.79 Å².